The molecule has 0 bridgehead atoms. The van der Waals surface area contributed by atoms with Gasteiger partial charge in [0, 0.05) is 29.5 Å². The summed E-state index contributed by atoms with van der Waals surface area (Å²) in [6, 6.07) is 4.15. The number of nitrogens with one attached hydrogen (secondary N) is 2. The van der Waals surface area contributed by atoms with E-state index in [4.69, 9.17) is 0 Å². The molecule has 20 heavy (non-hydrogen) atoms. The minimum absolute atomic E-state index is 0.0886. The maximum absolute atomic E-state index is 12.2. The van der Waals surface area contributed by atoms with Crippen LogP contribution in [0, 0.1) is 12.8 Å². The second-order valence-electron chi connectivity index (χ2n) is 5.31. The van der Waals surface area contributed by atoms with Crippen LogP contribution < -0.4 is 5.32 Å². The number of imidazole rings is 1. The number of rotatable bonds is 4. The van der Waals surface area contributed by atoms with Gasteiger partial charge in [-0.3, -0.25) is 4.79 Å². The molecule has 0 saturated carbocycles. The zero-order valence-corrected chi connectivity index (χ0v) is 12.4. The highest BCUT2D eigenvalue weighted by Gasteiger charge is 2.26. The first kappa shape index (κ1) is 13.4. The number of carbonyl (C=O) groups is 1. The fraction of sp³-hybridized carbons (Fsp3) is 0.467. The second-order valence-corrected chi connectivity index (χ2v) is 6.34. The normalized spacial score (nSPS) is 17.8. The van der Waals surface area contributed by atoms with Gasteiger partial charge in [0.25, 0.3) is 0 Å². The third-order valence-electron chi connectivity index (χ3n) is 3.78. The van der Waals surface area contributed by atoms with Crippen LogP contribution in [-0.2, 0) is 24.1 Å². The van der Waals surface area contributed by atoms with E-state index in [-0.39, 0.29) is 11.8 Å². The zero-order valence-electron chi connectivity index (χ0n) is 11.6. The second kappa shape index (κ2) is 5.79. The molecule has 2 heterocycles. The van der Waals surface area contributed by atoms with Crippen LogP contribution in [0.15, 0.2) is 17.5 Å². The van der Waals surface area contributed by atoms with Crippen LogP contribution in [0.3, 0.4) is 0 Å². The van der Waals surface area contributed by atoms with Crippen molar-refractivity contribution in [1.82, 2.24) is 15.3 Å². The third-order valence-corrected chi connectivity index (χ3v) is 4.72. The number of carbonyl (C=O) groups excluding carboxylic acids is 1. The minimum atomic E-state index is 0.0886. The molecule has 0 spiro atoms. The van der Waals surface area contributed by atoms with Crippen molar-refractivity contribution in [2.45, 2.75) is 32.6 Å². The summed E-state index contributed by atoms with van der Waals surface area (Å²) in [4.78, 5) is 21.2. The van der Waals surface area contributed by atoms with E-state index in [1.165, 1.54) is 4.88 Å². The van der Waals surface area contributed by atoms with Crippen LogP contribution in [0.2, 0.25) is 0 Å². The van der Waals surface area contributed by atoms with Crippen molar-refractivity contribution in [2.24, 2.45) is 5.92 Å². The van der Waals surface area contributed by atoms with Crippen molar-refractivity contribution in [3.05, 3.63) is 39.6 Å². The highest BCUT2D eigenvalue weighted by Crippen LogP contribution is 2.23. The van der Waals surface area contributed by atoms with Crippen LogP contribution in [0.25, 0.3) is 0 Å². The quantitative estimate of drug-likeness (QED) is 0.907. The maximum Gasteiger partial charge on any atom is 0.223 e. The number of H-pyrrole nitrogens is 1. The average Bonchev–Trinajstić information content (AvgIpc) is 3.05. The Balaban J connectivity index is 1.51. The number of amides is 1. The molecule has 4 nitrogen and oxygen atoms in total. The number of hydrogen-bond acceptors (Lipinski definition) is 3. The van der Waals surface area contributed by atoms with E-state index < -0.39 is 0 Å². The van der Waals surface area contributed by atoms with Crippen LogP contribution in [-0.4, -0.2) is 22.4 Å². The number of aryl methyl sites for hydroxylation is 2. The lowest BCUT2D eigenvalue weighted by Gasteiger charge is -2.20. The standard InChI is InChI=1S/C15H19N3OS/c1-10-17-13-5-4-11(9-14(13)18-10)15(19)16-7-6-12-3-2-8-20-12/h2-3,8,11H,4-7,9H2,1H3,(H,16,19)(H,17,18)/t11-/m0/s1. The summed E-state index contributed by atoms with van der Waals surface area (Å²) in [5.74, 6) is 1.22. The molecule has 1 aliphatic rings. The molecule has 0 saturated heterocycles. The van der Waals surface area contributed by atoms with Gasteiger partial charge in [0.05, 0.1) is 5.69 Å². The Morgan fingerprint density at radius 3 is 3.30 bits per heavy atom. The van der Waals surface area contributed by atoms with Crippen molar-refractivity contribution in [2.75, 3.05) is 6.54 Å². The van der Waals surface area contributed by atoms with Crippen LogP contribution in [0.1, 0.15) is 28.5 Å². The maximum atomic E-state index is 12.2. The molecule has 0 unspecified atom stereocenters. The number of thiophene rings is 1. The summed E-state index contributed by atoms with van der Waals surface area (Å²) >= 11 is 1.74. The molecule has 106 valence electrons. The number of fused-ring (bicyclic) bond motifs is 1. The highest BCUT2D eigenvalue weighted by molar-refractivity contribution is 7.09. The van der Waals surface area contributed by atoms with E-state index >= 15 is 0 Å². The van der Waals surface area contributed by atoms with Gasteiger partial charge in [-0.15, -0.1) is 11.3 Å². The van der Waals surface area contributed by atoms with Crippen LogP contribution in [0.4, 0.5) is 0 Å². The fourth-order valence-corrected chi connectivity index (χ4v) is 3.46. The van der Waals surface area contributed by atoms with E-state index in [2.05, 4.69) is 26.7 Å². The Morgan fingerprint density at radius 2 is 2.50 bits per heavy atom. The molecule has 1 aliphatic carbocycles. The summed E-state index contributed by atoms with van der Waals surface area (Å²) in [5, 5.41) is 5.13. The Hall–Kier alpha value is -1.62. The van der Waals surface area contributed by atoms with Gasteiger partial charge >= 0.3 is 0 Å². The molecule has 2 N–H and O–H groups in total. The summed E-state index contributed by atoms with van der Waals surface area (Å²) in [5.41, 5.74) is 2.29. The number of hydrogen-bond donors (Lipinski definition) is 2. The summed E-state index contributed by atoms with van der Waals surface area (Å²) in [6.45, 7) is 2.69. The zero-order chi connectivity index (χ0) is 13.9. The van der Waals surface area contributed by atoms with Crippen LogP contribution in [0.5, 0.6) is 0 Å². The van der Waals surface area contributed by atoms with Crippen molar-refractivity contribution < 1.29 is 4.79 Å². The van der Waals surface area contributed by atoms with Crippen molar-refractivity contribution >= 4 is 17.2 Å². The first-order valence-corrected chi connectivity index (χ1v) is 7.95. The first-order chi connectivity index (χ1) is 9.72. The Bertz CT molecular complexity index is 588. The molecule has 1 amide bonds. The fourth-order valence-electron chi connectivity index (χ4n) is 2.76. The molecular formula is C15H19N3OS. The molecule has 0 aliphatic heterocycles. The molecule has 0 radical (unpaired) electrons. The van der Waals surface area contributed by atoms with Gasteiger partial charge in [-0.2, -0.15) is 0 Å². The van der Waals surface area contributed by atoms with Gasteiger partial charge in [0.1, 0.15) is 5.82 Å². The SMILES string of the molecule is Cc1nc2c([nH]1)C[C@@H](C(=O)NCCc1cccs1)CC2. The average molecular weight is 289 g/mol. The third kappa shape index (κ3) is 2.93. The Morgan fingerprint density at radius 1 is 1.60 bits per heavy atom. The predicted molar refractivity (Wildman–Crippen MR) is 79.9 cm³/mol. The number of aromatic amines is 1. The molecule has 2 aromatic heterocycles. The number of aromatic nitrogens is 2. The van der Waals surface area contributed by atoms with Crippen LogP contribution >= 0.6 is 11.3 Å². The van der Waals surface area contributed by atoms with Gasteiger partial charge in [-0.1, -0.05) is 6.07 Å². The summed E-state index contributed by atoms with van der Waals surface area (Å²) < 4.78 is 0. The van der Waals surface area contributed by atoms with E-state index in [0.29, 0.717) is 0 Å². The summed E-state index contributed by atoms with van der Waals surface area (Å²) in [6.07, 6.45) is 3.52. The molecule has 0 fully saturated rings. The van der Waals surface area contributed by atoms with E-state index in [0.717, 1.165) is 49.4 Å². The first-order valence-electron chi connectivity index (χ1n) is 7.07. The molecule has 2 aromatic rings. The van der Waals surface area contributed by atoms with E-state index in [1.807, 2.05) is 13.0 Å². The molecule has 5 heteroatoms. The topological polar surface area (TPSA) is 57.8 Å². The van der Waals surface area contributed by atoms with Gasteiger partial charge in [-0.05, 0) is 37.6 Å². The minimum Gasteiger partial charge on any atom is -0.355 e. The largest absolute Gasteiger partial charge is 0.355 e. The lowest BCUT2D eigenvalue weighted by molar-refractivity contribution is -0.125. The smallest absolute Gasteiger partial charge is 0.223 e. The van der Waals surface area contributed by atoms with Gasteiger partial charge in [0.2, 0.25) is 5.91 Å². The van der Waals surface area contributed by atoms with Crippen molar-refractivity contribution in [1.29, 1.82) is 0 Å². The van der Waals surface area contributed by atoms with E-state index in [1.54, 1.807) is 11.3 Å². The van der Waals surface area contributed by atoms with Crippen molar-refractivity contribution in [3.8, 4) is 0 Å². The molecule has 1 atom stereocenters. The Labute approximate surface area is 122 Å². The molecular weight excluding hydrogens is 270 g/mol. The molecule has 0 aromatic carbocycles. The lowest BCUT2D eigenvalue weighted by Crippen LogP contribution is -2.35. The van der Waals surface area contributed by atoms with Gasteiger partial charge < -0.3 is 10.3 Å². The summed E-state index contributed by atoms with van der Waals surface area (Å²) in [7, 11) is 0. The molecule has 3 rings (SSSR count). The van der Waals surface area contributed by atoms with Gasteiger partial charge in [0.15, 0.2) is 0 Å². The predicted octanol–water partition coefficient (Wildman–Crippen LogP) is 2.24. The van der Waals surface area contributed by atoms with E-state index in [9.17, 15) is 4.79 Å². The lowest BCUT2D eigenvalue weighted by atomic mass is 9.89. The Kier molecular flexibility index (Phi) is 3.87. The highest BCUT2D eigenvalue weighted by atomic mass is 32.1. The number of nitrogens with zero attached hydrogens (tertiary/aromatic N) is 1. The van der Waals surface area contributed by atoms with Gasteiger partial charge in [-0.25, -0.2) is 4.98 Å². The van der Waals surface area contributed by atoms with Crippen molar-refractivity contribution in [3.63, 3.8) is 0 Å². The monoisotopic (exact) mass is 289 g/mol.